The number of ether oxygens (including phenoxy) is 2. The van der Waals surface area contributed by atoms with Gasteiger partial charge < -0.3 is 46.5 Å². The number of fused-ring (bicyclic) bond motifs is 3. The number of anilines is 1. The molecule has 10 rings (SSSR count). The Balaban J connectivity index is 0.729. The molecule has 6 aromatic rings. The largest absolute Gasteiger partial charge is 0.449 e. The highest BCUT2D eigenvalue weighted by Gasteiger charge is 2.46. The van der Waals surface area contributed by atoms with Crippen LogP contribution in [-0.4, -0.2) is 112 Å². The molecule has 1 fully saturated rings. The number of likely N-dealkylation sites (tertiary alicyclic amines) is 1. The number of carbonyl (C=O) groups excluding carboxylic acids is 7. The molecule has 84 heavy (non-hydrogen) atoms. The number of hydrogen-bond donors (Lipinski definition) is 6. The van der Waals surface area contributed by atoms with Crippen molar-refractivity contribution in [2.45, 2.75) is 141 Å². The fourth-order valence-corrected chi connectivity index (χ4v) is 12.8. The Hall–Kier alpha value is -8.26. The van der Waals surface area contributed by atoms with E-state index in [9.17, 15) is 38.7 Å². The van der Waals surface area contributed by atoms with Crippen molar-refractivity contribution in [1.29, 1.82) is 0 Å². The fraction of sp³-hybridized carbons (Fsp3) is 0.385. The SMILES string of the molecule is Cc1ncsc1-c1ccc(CNC(=O)[C@@H]2C[C@@H](O)CN2C(=O)[C@@H](NC(=O)Cc2ccc(CO[C@H](C)[C@H](CCC(N)=O)NC(=O)[C@@H]3Cc4cccc5c4N3C(=O)[C@@H](NC(=O)OCC3c4ccccc4-c4ccccc43)CC5)cc2)C(C)(C)C)cc1. The lowest BCUT2D eigenvalue weighted by Gasteiger charge is -2.35. The third-order valence-electron chi connectivity index (χ3n) is 16.6. The van der Waals surface area contributed by atoms with E-state index in [1.165, 1.54) is 9.80 Å². The standard InChI is InChI=1S/C65H72N8O10S/c1-37-58(84-36-68-37)43-23-21-40(22-24-43)32-67-60(77)53-31-45(74)33-72(53)63(80)59(65(3,4)5)71-56(76)29-39-17-19-41(20-18-39)34-82-38(2)51(27-28-55(66)75)69-61(78)54-30-44-12-10-11-42-25-26-52(62(79)73(54)57(42)44)70-64(81)83-35-50-48-15-8-6-13-46(48)47-14-7-9-16-49(47)50/h6-24,36,38,45,50-54,59,74H,25-35H2,1-5H3,(H2,66,75)(H,67,77)(H,69,78)(H,70,81)(H,71,76)/t38-,45-,51+,52+,53+,54+,59-/m1/s1. The second kappa shape index (κ2) is 25.3. The van der Waals surface area contributed by atoms with Gasteiger partial charge in [0.05, 0.1) is 53.0 Å². The van der Waals surface area contributed by atoms with Crippen LogP contribution in [0.15, 0.2) is 121 Å². The summed E-state index contributed by atoms with van der Waals surface area (Å²) in [5.41, 5.74) is 17.7. The van der Waals surface area contributed by atoms with Crippen LogP contribution in [0.1, 0.15) is 104 Å². The second-order valence-corrected chi connectivity index (χ2v) is 24.3. The number of thiazole rings is 1. The number of amides is 7. The van der Waals surface area contributed by atoms with Crippen molar-refractivity contribution < 1.29 is 48.1 Å². The van der Waals surface area contributed by atoms with E-state index in [-0.39, 0.29) is 64.3 Å². The first-order valence-corrected chi connectivity index (χ1v) is 29.6. The van der Waals surface area contributed by atoms with Crippen molar-refractivity contribution in [3.05, 3.63) is 165 Å². The van der Waals surface area contributed by atoms with Crippen LogP contribution in [0, 0.1) is 12.3 Å². The number of hydrogen-bond acceptors (Lipinski definition) is 12. The summed E-state index contributed by atoms with van der Waals surface area (Å²) in [7, 11) is 0. The van der Waals surface area contributed by atoms with Gasteiger partial charge in [0, 0.05) is 38.3 Å². The zero-order valence-electron chi connectivity index (χ0n) is 47.9. The number of nitrogens with zero attached hydrogens (tertiary/aromatic N) is 3. The number of benzene rings is 5. The predicted octanol–water partition coefficient (Wildman–Crippen LogP) is 6.94. The second-order valence-electron chi connectivity index (χ2n) is 23.5. The van der Waals surface area contributed by atoms with E-state index >= 15 is 0 Å². The summed E-state index contributed by atoms with van der Waals surface area (Å²) < 4.78 is 12.2. The summed E-state index contributed by atoms with van der Waals surface area (Å²) in [6, 6.07) is 32.3. The summed E-state index contributed by atoms with van der Waals surface area (Å²) in [5.74, 6) is -2.86. The van der Waals surface area contributed by atoms with E-state index in [4.69, 9.17) is 15.2 Å². The van der Waals surface area contributed by atoms with Crippen LogP contribution in [0.2, 0.25) is 0 Å². The van der Waals surface area contributed by atoms with Crippen LogP contribution in [-0.2, 0) is 70.7 Å². The smallest absolute Gasteiger partial charge is 0.407 e. The Kier molecular flexibility index (Phi) is 17.7. The van der Waals surface area contributed by atoms with E-state index in [2.05, 4.69) is 38.4 Å². The van der Waals surface area contributed by atoms with Gasteiger partial charge in [0.25, 0.3) is 0 Å². The maximum absolute atomic E-state index is 14.6. The molecule has 1 aliphatic carbocycles. The van der Waals surface area contributed by atoms with Gasteiger partial charge in [0.2, 0.25) is 35.4 Å². The van der Waals surface area contributed by atoms with Gasteiger partial charge in [-0.05, 0) is 94.2 Å². The molecule has 0 saturated carbocycles. The van der Waals surface area contributed by atoms with Crippen molar-refractivity contribution in [2.75, 3.05) is 18.1 Å². The number of aliphatic hydroxyl groups is 1. The number of β-amino-alcohol motifs (C(OH)–C–C–N with tert-alkyl or cyclic N) is 1. The first-order valence-electron chi connectivity index (χ1n) is 28.7. The molecule has 1 aromatic heterocycles. The van der Waals surface area contributed by atoms with Gasteiger partial charge in [-0.25, -0.2) is 9.78 Å². The van der Waals surface area contributed by atoms with Gasteiger partial charge in [0.15, 0.2) is 0 Å². The van der Waals surface area contributed by atoms with Crippen LogP contribution < -0.4 is 31.9 Å². The van der Waals surface area contributed by atoms with Crippen LogP contribution in [0.25, 0.3) is 21.6 Å². The lowest BCUT2D eigenvalue weighted by molar-refractivity contribution is -0.144. The Bertz CT molecular complexity index is 3410. The van der Waals surface area contributed by atoms with Gasteiger partial charge in [-0.3, -0.25) is 33.7 Å². The Morgan fingerprint density at radius 3 is 2.15 bits per heavy atom. The molecule has 438 valence electrons. The summed E-state index contributed by atoms with van der Waals surface area (Å²) in [4.78, 5) is 105. The summed E-state index contributed by atoms with van der Waals surface area (Å²) in [6.07, 6.45) is -1.12. The number of rotatable bonds is 20. The number of aryl methyl sites for hydroxylation is 2. The van der Waals surface area contributed by atoms with Crippen molar-refractivity contribution in [1.82, 2.24) is 31.2 Å². The molecule has 0 radical (unpaired) electrons. The molecule has 0 bridgehead atoms. The molecule has 4 heterocycles. The minimum absolute atomic E-state index is 0.0400. The van der Waals surface area contributed by atoms with E-state index in [1.807, 2.05) is 119 Å². The number of nitrogens with two attached hydrogens (primary N) is 1. The topological polar surface area (TPSA) is 252 Å². The molecular weight excluding hydrogens is 1080 g/mol. The number of para-hydroxylation sites is 1. The Morgan fingerprint density at radius 2 is 1.49 bits per heavy atom. The number of primary amides is 1. The van der Waals surface area contributed by atoms with E-state index in [0.717, 1.165) is 60.6 Å². The maximum Gasteiger partial charge on any atom is 0.407 e. The molecule has 1 saturated heterocycles. The van der Waals surface area contributed by atoms with E-state index in [1.54, 1.807) is 35.9 Å². The minimum atomic E-state index is -1.01. The summed E-state index contributed by atoms with van der Waals surface area (Å²) >= 11 is 1.56. The first kappa shape index (κ1) is 58.9. The molecule has 4 aliphatic rings. The Morgan fingerprint density at radius 1 is 0.821 bits per heavy atom. The molecule has 0 spiro atoms. The van der Waals surface area contributed by atoms with E-state index < -0.39 is 89.4 Å². The average Bonchev–Trinajstić information content (AvgIpc) is 2.26. The summed E-state index contributed by atoms with van der Waals surface area (Å²) in [5, 5.41) is 22.5. The zero-order valence-corrected chi connectivity index (χ0v) is 48.7. The molecule has 0 unspecified atom stereocenters. The lowest BCUT2D eigenvalue weighted by atomic mass is 9.85. The summed E-state index contributed by atoms with van der Waals surface area (Å²) in [6.45, 7) is 9.60. The van der Waals surface area contributed by atoms with Crippen molar-refractivity contribution >= 4 is 58.6 Å². The van der Waals surface area contributed by atoms with Gasteiger partial charge >= 0.3 is 6.09 Å². The molecule has 7 N–H and O–H groups in total. The zero-order chi connectivity index (χ0) is 59.4. The van der Waals surface area contributed by atoms with Crippen molar-refractivity contribution in [3.63, 3.8) is 0 Å². The maximum atomic E-state index is 14.6. The fourth-order valence-electron chi connectivity index (χ4n) is 12.0. The normalized spacial score (nSPS) is 19.0. The third-order valence-corrected chi connectivity index (χ3v) is 17.5. The lowest BCUT2D eigenvalue weighted by Crippen LogP contribution is -2.58. The van der Waals surface area contributed by atoms with E-state index in [0.29, 0.717) is 24.1 Å². The Labute approximate surface area is 492 Å². The van der Waals surface area contributed by atoms with Crippen LogP contribution in [0.5, 0.6) is 0 Å². The van der Waals surface area contributed by atoms with Crippen LogP contribution in [0.3, 0.4) is 0 Å². The number of aromatic nitrogens is 1. The third kappa shape index (κ3) is 13.1. The molecule has 18 nitrogen and oxygen atoms in total. The molecule has 19 heteroatoms. The quantitative estimate of drug-likeness (QED) is 0.0457. The molecule has 7 atom stereocenters. The predicted molar refractivity (Wildman–Crippen MR) is 318 cm³/mol. The van der Waals surface area contributed by atoms with Crippen molar-refractivity contribution in [2.24, 2.45) is 11.1 Å². The molecule has 3 aliphatic heterocycles. The monoisotopic (exact) mass is 1160 g/mol. The first-order chi connectivity index (χ1) is 40.3. The van der Waals surface area contributed by atoms with Gasteiger partial charge in [-0.1, -0.05) is 136 Å². The van der Waals surface area contributed by atoms with Gasteiger partial charge in [0.1, 0.15) is 30.8 Å². The highest BCUT2D eigenvalue weighted by atomic mass is 32.1. The van der Waals surface area contributed by atoms with Gasteiger partial charge in [-0.15, -0.1) is 11.3 Å². The highest BCUT2D eigenvalue weighted by Crippen LogP contribution is 2.45. The minimum Gasteiger partial charge on any atom is -0.449 e. The number of carbonyl (C=O) groups is 7. The number of alkyl carbamates (subject to hydrolysis) is 1. The molecule has 5 aromatic carbocycles. The number of nitrogens with one attached hydrogen (secondary N) is 4. The highest BCUT2D eigenvalue weighted by molar-refractivity contribution is 7.13. The number of aliphatic hydroxyl groups excluding tert-OH is 1. The molecule has 7 amide bonds. The average molecular weight is 1160 g/mol. The van der Waals surface area contributed by atoms with Gasteiger partial charge in [-0.2, -0.15) is 0 Å². The van der Waals surface area contributed by atoms with Crippen LogP contribution in [0.4, 0.5) is 10.5 Å². The van der Waals surface area contributed by atoms with Crippen LogP contribution >= 0.6 is 11.3 Å². The van der Waals surface area contributed by atoms with Crippen molar-refractivity contribution in [3.8, 4) is 21.6 Å². The molecular formula is C65H72N8O10S.